The third-order valence-electron chi connectivity index (χ3n) is 1.99. The van der Waals surface area contributed by atoms with Crippen LogP contribution in [0.4, 0.5) is 5.69 Å². The zero-order valence-corrected chi connectivity index (χ0v) is 10.8. The van der Waals surface area contributed by atoms with Gasteiger partial charge in [0, 0.05) is 7.05 Å². The van der Waals surface area contributed by atoms with Gasteiger partial charge < -0.3 is 10.1 Å². The predicted octanol–water partition coefficient (Wildman–Crippen LogP) is 0.849. The fourth-order valence-corrected chi connectivity index (χ4v) is 1.45. The van der Waals surface area contributed by atoms with E-state index in [2.05, 4.69) is 31.1 Å². The molecule has 0 unspecified atom stereocenters. The molecule has 16 heavy (non-hydrogen) atoms. The van der Waals surface area contributed by atoms with Gasteiger partial charge in [0.1, 0.15) is 0 Å². The summed E-state index contributed by atoms with van der Waals surface area (Å²) in [6.07, 6.45) is 0. The third-order valence-corrected chi connectivity index (χ3v) is 2.50. The first-order valence-electron chi connectivity index (χ1n) is 4.49. The summed E-state index contributed by atoms with van der Waals surface area (Å²) < 4.78 is 6.00. The molecule has 1 heterocycles. The third kappa shape index (κ3) is 2.41. The van der Waals surface area contributed by atoms with E-state index < -0.39 is 5.97 Å². The number of hydrogen-bond acceptors (Lipinski definition) is 4. The zero-order valence-electron chi connectivity index (χ0n) is 9.20. The summed E-state index contributed by atoms with van der Waals surface area (Å²) in [5.74, 6) is -0.783. The summed E-state index contributed by atoms with van der Waals surface area (Å²) in [6, 6.07) is 0. The number of nitrogens with zero attached hydrogens (tertiary/aromatic N) is 2. The van der Waals surface area contributed by atoms with Crippen molar-refractivity contribution in [2.24, 2.45) is 7.05 Å². The van der Waals surface area contributed by atoms with Crippen LogP contribution in [0.2, 0.25) is 0 Å². The summed E-state index contributed by atoms with van der Waals surface area (Å²) in [6.45, 7) is 1.70. The van der Waals surface area contributed by atoms with Gasteiger partial charge in [0.15, 0.2) is 5.69 Å². The minimum absolute atomic E-state index is 0.155. The van der Waals surface area contributed by atoms with Gasteiger partial charge in [0.05, 0.1) is 23.8 Å². The molecule has 0 aliphatic rings. The first-order chi connectivity index (χ1) is 7.51. The topological polar surface area (TPSA) is 73.2 Å². The molecule has 0 aromatic carbocycles. The van der Waals surface area contributed by atoms with Gasteiger partial charge in [-0.25, -0.2) is 4.79 Å². The quantitative estimate of drug-likeness (QED) is 0.661. The number of ether oxygens (including phenoxy) is 1. The molecule has 1 aromatic heterocycles. The van der Waals surface area contributed by atoms with Gasteiger partial charge in [-0.05, 0) is 6.92 Å². The maximum atomic E-state index is 11.5. The molecule has 1 rings (SSSR count). The minimum Gasteiger partial charge on any atom is -0.464 e. The van der Waals surface area contributed by atoms with Crippen LogP contribution >= 0.6 is 15.9 Å². The standard InChI is InChI=1S/C9H12BrN3O3/c1-5-7(11-6(14)4-10)8(9(15)16-3)13(2)12-5/h4H2,1-3H3,(H,11,14). The lowest BCUT2D eigenvalue weighted by molar-refractivity contribution is -0.113. The Kier molecular flexibility index (Phi) is 4.05. The second-order valence-corrected chi connectivity index (χ2v) is 3.67. The number of nitrogens with one attached hydrogen (secondary N) is 1. The van der Waals surface area contributed by atoms with Crippen molar-refractivity contribution >= 4 is 33.5 Å². The van der Waals surface area contributed by atoms with E-state index in [-0.39, 0.29) is 16.9 Å². The lowest BCUT2D eigenvalue weighted by atomic mass is 10.3. The van der Waals surface area contributed by atoms with Crippen molar-refractivity contribution in [1.29, 1.82) is 0 Å². The largest absolute Gasteiger partial charge is 0.464 e. The van der Waals surface area contributed by atoms with Crippen LogP contribution in [0.3, 0.4) is 0 Å². The van der Waals surface area contributed by atoms with Gasteiger partial charge in [-0.1, -0.05) is 15.9 Å². The first-order valence-corrected chi connectivity index (χ1v) is 5.61. The fraction of sp³-hybridized carbons (Fsp3) is 0.444. The highest BCUT2D eigenvalue weighted by atomic mass is 79.9. The average Bonchev–Trinajstić information content (AvgIpc) is 2.53. The molecule has 1 amide bonds. The van der Waals surface area contributed by atoms with Crippen LogP contribution in [0.25, 0.3) is 0 Å². The smallest absolute Gasteiger partial charge is 0.358 e. The number of aromatic nitrogens is 2. The molecule has 7 heteroatoms. The summed E-state index contributed by atoms with van der Waals surface area (Å²) in [5.41, 5.74) is 1.19. The van der Waals surface area contributed by atoms with Crippen molar-refractivity contribution < 1.29 is 14.3 Å². The highest BCUT2D eigenvalue weighted by molar-refractivity contribution is 9.09. The second kappa shape index (κ2) is 5.11. The highest BCUT2D eigenvalue weighted by Gasteiger charge is 2.21. The fourth-order valence-electron chi connectivity index (χ4n) is 1.31. The maximum absolute atomic E-state index is 11.5. The molecular weight excluding hydrogens is 278 g/mol. The summed E-state index contributed by atoms with van der Waals surface area (Å²) in [5, 5.41) is 6.80. The molecule has 88 valence electrons. The van der Waals surface area contributed by atoms with E-state index in [4.69, 9.17) is 0 Å². The number of methoxy groups -OCH3 is 1. The van der Waals surface area contributed by atoms with Gasteiger partial charge >= 0.3 is 5.97 Å². The van der Waals surface area contributed by atoms with Crippen molar-refractivity contribution in [2.75, 3.05) is 17.8 Å². The molecule has 1 N–H and O–H groups in total. The molecule has 0 saturated carbocycles. The summed E-state index contributed by atoms with van der Waals surface area (Å²) in [7, 11) is 2.89. The van der Waals surface area contributed by atoms with E-state index in [1.54, 1.807) is 14.0 Å². The molecule has 0 radical (unpaired) electrons. The molecule has 1 aromatic rings. The summed E-state index contributed by atoms with van der Waals surface area (Å²) >= 11 is 3.03. The van der Waals surface area contributed by atoms with E-state index in [0.29, 0.717) is 11.4 Å². The van der Waals surface area contributed by atoms with E-state index in [1.807, 2.05) is 0 Å². The molecule has 0 bridgehead atoms. The number of alkyl halides is 1. The number of esters is 1. The first kappa shape index (κ1) is 12.7. The van der Waals surface area contributed by atoms with Gasteiger partial charge in [-0.15, -0.1) is 0 Å². The van der Waals surface area contributed by atoms with Crippen LogP contribution in [0.5, 0.6) is 0 Å². The van der Waals surface area contributed by atoms with Crippen LogP contribution < -0.4 is 5.32 Å². The lowest BCUT2D eigenvalue weighted by Gasteiger charge is -2.05. The number of hydrogen-bond donors (Lipinski definition) is 1. The number of rotatable bonds is 3. The van der Waals surface area contributed by atoms with Gasteiger partial charge in [0.2, 0.25) is 5.91 Å². The Morgan fingerprint density at radius 2 is 2.19 bits per heavy atom. The van der Waals surface area contributed by atoms with Crippen molar-refractivity contribution in [3.05, 3.63) is 11.4 Å². The molecule has 0 fully saturated rings. The van der Waals surface area contributed by atoms with E-state index in [1.165, 1.54) is 11.8 Å². The number of amides is 1. The second-order valence-electron chi connectivity index (χ2n) is 3.11. The molecule has 6 nitrogen and oxygen atoms in total. The van der Waals surface area contributed by atoms with Gasteiger partial charge in [-0.2, -0.15) is 5.10 Å². The van der Waals surface area contributed by atoms with Crippen LogP contribution in [0.1, 0.15) is 16.2 Å². The number of carbonyl (C=O) groups is 2. The Labute approximate surface area is 101 Å². The van der Waals surface area contributed by atoms with Crippen molar-refractivity contribution in [1.82, 2.24) is 9.78 Å². The van der Waals surface area contributed by atoms with Crippen molar-refractivity contribution in [2.45, 2.75) is 6.92 Å². The van der Waals surface area contributed by atoms with Crippen LogP contribution in [-0.4, -0.2) is 34.1 Å². The normalized spacial score (nSPS) is 10.0. The highest BCUT2D eigenvalue weighted by Crippen LogP contribution is 2.20. The number of carbonyl (C=O) groups excluding carboxylic acids is 2. The Bertz CT molecular complexity index is 428. The minimum atomic E-state index is -0.534. The lowest BCUT2D eigenvalue weighted by Crippen LogP contribution is -2.17. The Balaban J connectivity index is 3.15. The zero-order chi connectivity index (χ0) is 12.3. The SMILES string of the molecule is COC(=O)c1c(NC(=O)CBr)c(C)nn1C. The van der Waals surface area contributed by atoms with E-state index in [9.17, 15) is 9.59 Å². The number of aryl methyl sites for hydroxylation is 2. The number of anilines is 1. The van der Waals surface area contributed by atoms with E-state index >= 15 is 0 Å². The monoisotopic (exact) mass is 289 g/mol. The van der Waals surface area contributed by atoms with Gasteiger partial charge in [-0.3, -0.25) is 9.48 Å². The molecular formula is C9H12BrN3O3. The summed E-state index contributed by atoms with van der Waals surface area (Å²) in [4.78, 5) is 22.8. The molecule has 0 spiro atoms. The van der Waals surface area contributed by atoms with Crippen molar-refractivity contribution in [3.63, 3.8) is 0 Å². The Morgan fingerprint density at radius 1 is 1.56 bits per heavy atom. The Morgan fingerprint density at radius 3 is 2.69 bits per heavy atom. The Hall–Kier alpha value is -1.37. The maximum Gasteiger partial charge on any atom is 0.358 e. The van der Waals surface area contributed by atoms with Crippen LogP contribution in [0, 0.1) is 6.92 Å². The molecule has 0 atom stereocenters. The predicted molar refractivity (Wildman–Crippen MR) is 61.7 cm³/mol. The van der Waals surface area contributed by atoms with Crippen molar-refractivity contribution in [3.8, 4) is 0 Å². The molecule has 0 aliphatic carbocycles. The van der Waals surface area contributed by atoms with Gasteiger partial charge in [0.25, 0.3) is 0 Å². The molecule has 0 aliphatic heterocycles. The van der Waals surface area contributed by atoms with Crippen LogP contribution in [-0.2, 0) is 16.6 Å². The average molecular weight is 290 g/mol. The molecule has 0 saturated heterocycles. The van der Waals surface area contributed by atoms with E-state index in [0.717, 1.165) is 0 Å². The van der Waals surface area contributed by atoms with Crippen LogP contribution in [0.15, 0.2) is 0 Å². The number of halogens is 1.